The molecular weight excluding hydrogens is 378 g/mol. The van der Waals surface area contributed by atoms with E-state index in [0.29, 0.717) is 5.56 Å². The van der Waals surface area contributed by atoms with Crippen LogP contribution in [0.5, 0.6) is 0 Å². The number of likely N-dealkylation sites (tertiary alicyclic amines) is 1. The van der Waals surface area contributed by atoms with Gasteiger partial charge < -0.3 is 9.80 Å². The van der Waals surface area contributed by atoms with Crippen molar-refractivity contribution in [3.8, 4) is 17.3 Å². The van der Waals surface area contributed by atoms with Crippen molar-refractivity contribution in [2.45, 2.75) is 38.1 Å². The van der Waals surface area contributed by atoms with E-state index in [-0.39, 0.29) is 0 Å². The van der Waals surface area contributed by atoms with Gasteiger partial charge in [-0.2, -0.15) is 5.26 Å². The highest BCUT2D eigenvalue weighted by Gasteiger charge is 2.27. The third-order valence-corrected chi connectivity index (χ3v) is 7.20. The second-order valence-electron chi connectivity index (χ2n) is 8.02. The first-order chi connectivity index (χ1) is 14.3. The molecule has 0 saturated carbocycles. The highest BCUT2D eigenvalue weighted by molar-refractivity contribution is 7.21. The van der Waals surface area contributed by atoms with Gasteiger partial charge in [-0.3, -0.25) is 0 Å². The van der Waals surface area contributed by atoms with Crippen LogP contribution in [-0.4, -0.2) is 47.1 Å². The molecule has 5 rings (SSSR count). The van der Waals surface area contributed by atoms with Crippen LogP contribution in [0.3, 0.4) is 0 Å². The number of thiazole rings is 1. The normalized spacial score (nSPS) is 18.8. The molecule has 0 bridgehead atoms. The number of nitriles is 1. The second-order valence-corrected chi connectivity index (χ2v) is 8.98. The minimum atomic E-state index is 0.658. The van der Waals surface area contributed by atoms with Crippen molar-refractivity contribution < 1.29 is 0 Å². The highest BCUT2D eigenvalue weighted by Crippen LogP contribution is 2.32. The topological polar surface area (TPSA) is 56.1 Å². The van der Waals surface area contributed by atoms with E-state index in [1.54, 1.807) is 11.3 Å². The van der Waals surface area contributed by atoms with Crippen molar-refractivity contribution >= 4 is 26.8 Å². The Bertz CT molecular complexity index is 1040. The molecule has 2 fully saturated rings. The Morgan fingerprint density at radius 1 is 0.966 bits per heavy atom. The summed E-state index contributed by atoms with van der Waals surface area (Å²) in [5.41, 5.74) is 3.49. The molecule has 29 heavy (non-hydrogen) atoms. The predicted molar refractivity (Wildman–Crippen MR) is 118 cm³/mol. The molecule has 4 heterocycles. The number of piperidine rings is 2. The van der Waals surface area contributed by atoms with Crippen LogP contribution in [0.15, 0.2) is 36.4 Å². The zero-order valence-electron chi connectivity index (χ0n) is 16.5. The van der Waals surface area contributed by atoms with Crippen LogP contribution in [0.4, 0.5) is 5.13 Å². The first-order valence-electron chi connectivity index (χ1n) is 10.6. The molecule has 148 valence electrons. The monoisotopic (exact) mass is 403 g/mol. The Labute approximate surface area is 175 Å². The lowest BCUT2D eigenvalue weighted by molar-refractivity contribution is 0.141. The van der Waals surface area contributed by atoms with Gasteiger partial charge in [0.1, 0.15) is 10.3 Å². The number of aromatic nitrogens is 2. The maximum absolute atomic E-state index is 9.14. The van der Waals surface area contributed by atoms with Crippen molar-refractivity contribution in [3.05, 3.63) is 42.0 Å². The fourth-order valence-electron chi connectivity index (χ4n) is 4.56. The smallest absolute Gasteiger partial charge is 0.187 e. The number of nitrogens with zero attached hydrogens (tertiary/aromatic N) is 5. The zero-order valence-corrected chi connectivity index (χ0v) is 17.4. The highest BCUT2D eigenvalue weighted by atomic mass is 32.1. The minimum Gasteiger partial charge on any atom is -0.348 e. The summed E-state index contributed by atoms with van der Waals surface area (Å²) < 4.78 is 0. The fraction of sp³-hybridized carbons (Fsp3) is 0.435. The van der Waals surface area contributed by atoms with Gasteiger partial charge >= 0.3 is 0 Å². The summed E-state index contributed by atoms with van der Waals surface area (Å²) >= 11 is 1.68. The predicted octanol–water partition coefficient (Wildman–Crippen LogP) is 4.68. The van der Waals surface area contributed by atoms with E-state index >= 15 is 0 Å². The molecule has 6 heteroatoms. The van der Waals surface area contributed by atoms with Crippen LogP contribution < -0.4 is 4.90 Å². The summed E-state index contributed by atoms with van der Waals surface area (Å²) in [4.78, 5) is 15.8. The Kier molecular flexibility index (Phi) is 5.17. The molecule has 0 amide bonds. The maximum Gasteiger partial charge on any atom is 0.187 e. The van der Waals surface area contributed by atoms with Crippen molar-refractivity contribution in [1.82, 2.24) is 14.9 Å². The number of hydrogen-bond acceptors (Lipinski definition) is 6. The average molecular weight is 404 g/mol. The standard InChI is InChI=1S/C23H25N5S/c24-16-17-5-4-6-18(15-17)20-7-8-21-22(25-20)29-23(26-21)28-13-9-19(10-14-28)27-11-2-1-3-12-27/h4-8,15,19H,1-3,9-14H2. The number of hydrogen-bond donors (Lipinski definition) is 0. The molecule has 0 radical (unpaired) electrons. The van der Waals surface area contributed by atoms with Crippen molar-refractivity contribution in [2.75, 3.05) is 31.1 Å². The van der Waals surface area contributed by atoms with Crippen molar-refractivity contribution in [2.24, 2.45) is 0 Å². The van der Waals surface area contributed by atoms with Crippen molar-refractivity contribution in [3.63, 3.8) is 0 Å². The third kappa shape index (κ3) is 3.85. The van der Waals surface area contributed by atoms with E-state index in [2.05, 4.69) is 21.9 Å². The second kappa shape index (κ2) is 8.10. The van der Waals surface area contributed by atoms with Crippen LogP contribution in [0.2, 0.25) is 0 Å². The molecule has 3 aromatic rings. The van der Waals surface area contributed by atoms with Crippen LogP contribution in [0.25, 0.3) is 21.6 Å². The molecule has 2 aromatic heterocycles. The Balaban J connectivity index is 1.32. The first kappa shape index (κ1) is 18.5. The maximum atomic E-state index is 9.14. The minimum absolute atomic E-state index is 0.658. The fourth-order valence-corrected chi connectivity index (χ4v) is 5.55. The van der Waals surface area contributed by atoms with Gasteiger partial charge in [-0.25, -0.2) is 9.97 Å². The Morgan fingerprint density at radius 3 is 2.59 bits per heavy atom. The van der Waals surface area contributed by atoms with Gasteiger partial charge in [0, 0.05) is 24.7 Å². The van der Waals surface area contributed by atoms with Gasteiger partial charge in [0.05, 0.1) is 17.3 Å². The lowest BCUT2D eigenvalue weighted by Gasteiger charge is -2.40. The van der Waals surface area contributed by atoms with E-state index in [1.165, 1.54) is 45.2 Å². The summed E-state index contributed by atoms with van der Waals surface area (Å²) in [5, 5.41) is 10.2. The molecule has 0 unspecified atom stereocenters. The van der Waals surface area contributed by atoms with Crippen LogP contribution in [0, 0.1) is 11.3 Å². The lowest BCUT2D eigenvalue weighted by atomic mass is 10.0. The SMILES string of the molecule is N#Cc1cccc(-c2ccc3nc(N4CCC(N5CCCCC5)CC4)sc3n2)c1. The Hall–Kier alpha value is -2.49. The summed E-state index contributed by atoms with van der Waals surface area (Å²) in [6, 6.07) is 14.6. The summed E-state index contributed by atoms with van der Waals surface area (Å²) in [6.45, 7) is 4.73. The van der Waals surface area contributed by atoms with Crippen LogP contribution in [-0.2, 0) is 0 Å². The molecule has 0 spiro atoms. The molecular formula is C23H25N5S. The molecule has 2 aliphatic heterocycles. The lowest BCUT2D eigenvalue weighted by Crippen LogP contribution is -2.46. The van der Waals surface area contributed by atoms with Gasteiger partial charge in [-0.1, -0.05) is 29.9 Å². The van der Waals surface area contributed by atoms with E-state index in [0.717, 1.165) is 45.9 Å². The van der Waals surface area contributed by atoms with Crippen LogP contribution >= 0.6 is 11.3 Å². The van der Waals surface area contributed by atoms with Gasteiger partial charge in [-0.15, -0.1) is 0 Å². The van der Waals surface area contributed by atoms with Gasteiger partial charge in [-0.05, 0) is 63.0 Å². The van der Waals surface area contributed by atoms with Crippen molar-refractivity contribution in [1.29, 1.82) is 5.26 Å². The number of benzene rings is 1. The number of rotatable bonds is 3. The number of anilines is 1. The third-order valence-electron chi connectivity index (χ3n) is 6.17. The van der Waals surface area contributed by atoms with E-state index in [9.17, 15) is 0 Å². The zero-order chi connectivity index (χ0) is 19.6. The van der Waals surface area contributed by atoms with E-state index in [4.69, 9.17) is 15.2 Å². The molecule has 2 saturated heterocycles. The van der Waals surface area contributed by atoms with Gasteiger partial charge in [0.25, 0.3) is 0 Å². The molecule has 1 aromatic carbocycles. The molecule has 5 nitrogen and oxygen atoms in total. The Morgan fingerprint density at radius 2 is 1.79 bits per heavy atom. The summed E-state index contributed by atoms with van der Waals surface area (Å²) in [6.07, 6.45) is 6.59. The first-order valence-corrected chi connectivity index (χ1v) is 11.4. The van der Waals surface area contributed by atoms with E-state index < -0.39 is 0 Å². The van der Waals surface area contributed by atoms with Crippen LogP contribution in [0.1, 0.15) is 37.7 Å². The molecule has 0 aliphatic carbocycles. The quantitative estimate of drug-likeness (QED) is 0.635. The summed E-state index contributed by atoms with van der Waals surface area (Å²) in [5.74, 6) is 0. The molecule has 2 aliphatic rings. The van der Waals surface area contributed by atoms with Gasteiger partial charge in [0.2, 0.25) is 0 Å². The molecule has 0 atom stereocenters. The number of pyridine rings is 1. The molecule has 0 N–H and O–H groups in total. The van der Waals surface area contributed by atoms with E-state index in [1.807, 2.05) is 30.3 Å². The average Bonchev–Trinajstić information content (AvgIpc) is 3.23. The summed E-state index contributed by atoms with van der Waals surface area (Å²) in [7, 11) is 0. The number of fused-ring (bicyclic) bond motifs is 1. The largest absolute Gasteiger partial charge is 0.348 e. The van der Waals surface area contributed by atoms with Gasteiger partial charge in [0.15, 0.2) is 5.13 Å².